The number of aromatic nitrogens is 3. The van der Waals surface area contributed by atoms with Gasteiger partial charge in [0.05, 0.1) is 11.7 Å². The molecule has 7 heteroatoms. The van der Waals surface area contributed by atoms with E-state index in [0.717, 1.165) is 36.7 Å². The maximum atomic E-state index is 10.5. The van der Waals surface area contributed by atoms with Crippen molar-refractivity contribution < 1.29 is 5.02 Å². The SMILES string of the molecule is C[C@H]1CC2(CCB(O)c3cc(Cl)ccc32)C[C@@H](c2cn(C)nn2)N1. The highest BCUT2D eigenvalue weighted by molar-refractivity contribution is 6.67. The predicted molar refractivity (Wildman–Crippen MR) is 95.7 cm³/mol. The molecule has 1 fully saturated rings. The van der Waals surface area contributed by atoms with E-state index < -0.39 is 6.92 Å². The van der Waals surface area contributed by atoms with Gasteiger partial charge in [0.15, 0.2) is 0 Å². The summed E-state index contributed by atoms with van der Waals surface area (Å²) in [6.45, 7) is 1.81. The molecule has 3 atom stereocenters. The summed E-state index contributed by atoms with van der Waals surface area (Å²) in [7, 11) is 1.90. The average Bonchev–Trinajstić information content (AvgIpc) is 2.97. The highest BCUT2D eigenvalue weighted by Gasteiger charge is 2.46. The first-order valence-corrected chi connectivity index (χ1v) is 8.95. The van der Waals surface area contributed by atoms with Crippen LogP contribution in [0.4, 0.5) is 0 Å². The van der Waals surface area contributed by atoms with Crippen LogP contribution in [0.5, 0.6) is 0 Å². The average molecular weight is 345 g/mol. The minimum atomic E-state index is -0.413. The molecule has 0 amide bonds. The first-order chi connectivity index (χ1) is 11.5. The van der Waals surface area contributed by atoms with Crippen molar-refractivity contribution >= 4 is 24.0 Å². The Morgan fingerprint density at radius 1 is 1.42 bits per heavy atom. The minimum Gasteiger partial charge on any atom is -0.446 e. The standard InChI is InChI=1S/C17H22BClN4O/c1-11-8-17(9-15(20-11)16-10-23(2)22-21-16)5-6-18(24)14-7-12(19)3-4-13(14)17/h3-4,7,10-11,15,20,24H,5-6,8-9H2,1-2H3/t11-,15-,17?/m0/s1. The normalized spacial score (nSPS) is 29.8. The topological polar surface area (TPSA) is 63.0 Å². The van der Waals surface area contributed by atoms with E-state index in [9.17, 15) is 5.02 Å². The highest BCUT2D eigenvalue weighted by Crippen LogP contribution is 2.46. The summed E-state index contributed by atoms with van der Waals surface area (Å²) >= 11 is 6.18. The lowest BCUT2D eigenvalue weighted by atomic mass is 9.45. The zero-order chi connectivity index (χ0) is 16.9. The number of nitrogens with one attached hydrogen (secondary N) is 1. The third-order valence-electron chi connectivity index (χ3n) is 5.60. The van der Waals surface area contributed by atoms with Crippen molar-refractivity contribution in [2.75, 3.05) is 0 Å². The van der Waals surface area contributed by atoms with Crippen molar-refractivity contribution in [2.24, 2.45) is 7.05 Å². The van der Waals surface area contributed by atoms with E-state index >= 15 is 0 Å². The first kappa shape index (κ1) is 16.1. The third-order valence-corrected chi connectivity index (χ3v) is 5.83. The van der Waals surface area contributed by atoms with Crippen LogP contribution in [0.25, 0.3) is 0 Å². The number of fused-ring (bicyclic) bond motifs is 2. The van der Waals surface area contributed by atoms with E-state index in [1.54, 1.807) is 4.68 Å². The Morgan fingerprint density at radius 2 is 2.25 bits per heavy atom. The summed E-state index contributed by atoms with van der Waals surface area (Å²) in [6.07, 6.45) is 5.80. The second kappa shape index (κ2) is 5.86. The van der Waals surface area contributed by atoms with Crippen molar-refractivity contribution in [1.29, 1.82) is 0 Å². The van der Waals surface area contributed by atoms with Crippen LogP contribution >= 0.6 is 11.6 Å². The zero-order valence-corrected chi connectivity index (χ0v) is 14.8. The summed E-state index contributed by atoms with van der Waals surface area (Å²) in [5, 5.41) is 23.2. The van der Waals surface area contributed by atoms with Gasteiger partial charge < -0.3 is 10.3 Å². The molecule has 5 nitrogen and oxygen atoms in total. The molecule has 1 aromatic heterocycles. The van der Waals surface area contributed by atoms with Crippen molar-refractivity contribution in [1.82, 2.24) is 20.3 Å². The number of aryl methyl sites for hydroxylation is 1. The van der Waals surface area contributed by atoms with E-state index in [2.05, 4.69) is 28.6 Å². The molecule has 0 bridgehead atoms. The van der Waals surface area contributed by atoms with Gasteiger partial charge in [-0.05, 0) is 61.1 Å². The van der Waals surface area contributed by atoms with Crippen LogP contribution in [0.2, 0.25) is 11.3 Å². The van der Waals surface area contributed by atoms with Gasteiger partial charge in [0.25, 0.3) is 0 Å². The summed E-state index contributed by atoms with van der Waals surface area (Å²) in [5.41, 5.74) is 3.31. The summed E-state index contributed by atoms with van der Waals surface area (Å²) < 4.78 is 1.75. The number of piperidine rings is 1. The smallest absolute Gasteiger partial charge is 0.324 e. The van der Waals surface area contributed by atoms with E-state index in [1.807, 2.05) is 25.4 Å². The maximum Gasteiger partial charge on any atom is 0.324 e. The number of hydrogen-bond acceptors (Lipinski definition) is 4. The molecule has 1 spiro atoms. The molecule has 1 unspecified atom stereocenters. The molecule has 3 heterocycles. The lowest BCUT2D eigenvalue weighted by Gasteiger charge is -2.48. The van der Waals surface area contributed by atoms with Crippen LogP contribution in [0.15, 0.2) is 24.4 Å². The molecule has 4 rings (SSSR count). The van der Waals surface area contributed by atoms with Gasteiger partial charge in [-0.2, -0.15) is 0 Å². The molecule has 2 aliphatic rings. The van der Waals surface area contributed by atoms with Crippen molar-refractivity contribution in [3.05, 3.63) is 40.7 Å². The fourth-order valence-corrected chi connectivity index (χ4v) is 4.84. The number of hydrogen-bond donors (Lipinski definition) is 2. The second-order valence-corrected chi connectivity index (χ2v) is 7.85. The second-order valence-electron chi connectivity index (χ2n) is 7.41. The first-order valence-electron chi connectivity index (χ1n) is 8.57. The molecule has 1 aromatic carbocycles. The van der Waals surface area contributed by atoms with E-state index in [1.165, 1.54) is 5.56 Å². The summed E-state index contributed by atoms with van der Waals surface area (Å²) in [5.74, 6) is 0. The van der Waals surface area contributed by atoms with Crippen LogP contribution in [0, 0.1) is 0 Å². The lowest BCUT2D eigenvalue weighted by molar-refractivity contribution is 0.198. The number of nitrogens with zero attached hydrogens (tertiary/aromatic N) is 3. The fourth-order valence-electron chi connectivity index (χ4n) is 4.66. The predicted octanol–water partition coefficient (Wildman–Crippen LogP) is 1.81. The molecule has 24 heavy (non-hydrogen) atoms. The van der Waals surface area contributed by atoms with Gasteiger partial charge in [0, 0.05) is 24.3 Å². The third kappa shape index (κ3) is 2.67. The lowest BCUT2D eigenvalue weighted by Crippen LogP contribution is -2.53. The molecular weight excluding hydrogens is 322 g/mol. The monoisotopic (exact) mass is 344 g/mol. The Balaban J connectivity index is 1.75. The minimum absolute atomic E-state index is 0.0615. The largest absolute Gasteiger partial charge is 0.446 e. The van der Waals surface area contributed by atoms with Crippen molar-refractivity contribution in [3.8, 4) is 0 Å². The van der Waals surface area contributed by atoms with Gasteiger partial charge in [-0.1, -0.05) is 22.9 Å². The fraction of sp³-hybridized carbons (Fsp3) is 0.529. The molecule has 2 N–H and O–H groups in total. The maximum absolute atomic E-state index is 10.5. The van der Waals surface area contributed by atoms with Crippen LogP contribution in [0.3, 0.4) is 0 Å². The molecule has 1 saturated heterocycles. The van der Waals surface area contributed by atoms with E-state index in [4.69, 9.17) is 11.6 Å². The summed E-state index contributed by atoms with van der Waals surface area (Å²) in [4.78, 5) is 0. The molecule has 2 aliphatic heterocycles. The van der Waals surface area contributed by atoms with E-state index in [-0.39, 0.29) is 11.5 Å². The molecule has 2 aromatic rings. The highest BCUT2D eigenvalue weighted by atomic mass is 35.5. The van der Waals surface area contributed by atoms with Crippen LogP contribution in [-0.2, 0) is 12.5 Å². The quantitative estimate of drug-likeness (QED) is 0.775. The van der Waals surface area contributed by atoms with Gasteiger partial charge >= 0.3 is 6.92 Å². The van der Waals surface area contributed by atoms with Gasteiger partial charge in [0.1, 0.15) is 0 Å². The van der Waals surface area contributed by atoms with Gasteiger partial charge in [0.2, 0.25) is 0 Å². The molecule has 126 valence electrons. The van der Waals surface area contributed by atoms with E-state index in [0.29, 0.717) is 11.1 Å². The van der Waals surface area contributed by atoms with Crippen molar-refractivity contribution in [2.45, 2.75) is 50.0 Å². The number of rotatable bonds is 1. The number of benzene rings is 1. The molecule has 0 aliphatic carbocycles. The Kier molecular flexibility index (Phi) is 3.94. The van der Waals surface area contributed by atoms with Gasteiger partial charge in [-0.15, -0.1) is 5.10 Å². The molecular formula is C17H22BClN4O. The molecule has 0 saturated carbocycles. The molecule has 0 radical (unpaired) electrons. The Morgan fingerprint density at radius 3 is 3.00 bits per heavy atom. The van der Waals surface area contributed by atoms with Crippen LogP contribution < -0.4 is 10.8 Å². The summed E-state index contributed by atoms with van der Waals surface area (Å²) in [6, 6.07) is 6.56. The number of halogens is 1. The Bertz CT molecular complexity index is 767. The Hall–Kier alpha value is -1.37. The van der Waals surface area contributed by atoms with Crippen molar-refractivity contribution in [3.63, 3.8) is 0 Å². The van der Waals surface area contributed by atoms with Gasteiger partial charge in [-0.3, -0.25) is 4.68 Å². The zero-order valence-electron chi connectivity index (χ0n) is 14.0. The van der Waals surface area contributed by atoms with Crippen LogP contribution in [-0.4, -0.2) is 33.0 Å². The van der Waals surface area contributed by atoms with Crippen LogP contribution in [0.1, 0.15) is 43.5 Å². The Labute approximate surface area is 147 Å². The van der Waals surface area contributed by atoms with Gasteiger partial charge in [-0.25, -0.2) is 0 Å².